The Kier molecular flexibility index (Phi) is 5.09. The van der Waals surface area contributed by atoms with Crippen molar-refractivity contribution in [2.75, 3.05) is 5.75 Å². The molecule has 14 heavy (non-hydrogen) atoms. The van der Waals surface area contributed by atoms with Crippen molar-refractivity contribution in [3.8, 4) is 5.40 Å². The summed E-state index contributed by atoms with van der Waals surface area (Å²) in [7, 11) is 0. The maximum absolute atomic E-state index is 8.42. The first-order chi connectivity index (χ1) is 6.88. The highest BCUT2D eigenvalue weighted by Gasteiger charge is 2.08. The zero-order chi connectivity index (χ0) is 10.2. The van der Waals surface area contributed by atoms with Crippen LogP contribution in [0.15, 0.2) is 24.5 Å². The second-order valence-electron chi connectivity index (χ2n) is 3.12. The summed E-state index contributed by atoms with van der Waals surface area (Å²) in [5, 5.41) is 10.5. The molecule has 1 atom stereocenters. The van der Waals surface area contributed by atoms with Gasteiger partial charge >= 0.3 is 0 Å². The quantitative estimate of drug-likeness (QED) is 0.548. The molecule has 0 aromatic carbocycles. The summed E-state index contributed by atoms with van der Waals surface area (Å²) in [5.74, 6) is 1.45. The van der Waals surface area contributed by atoms with Gasteiger partial charge in [0.25, 0.3) is 0 Å². The third kappa shape index (κ3) is 3.39. The summed E-state index contributed by atoms with van der Waals surface area (Å²) < 4.78 is 0. The van der Waals surface area contributed by atoms with E-state index in [0.717, 1.165) is 18.6 Å². The van der Waals surface area contributed by atoms with Crippen LogP contribution in [0.2, 0.25) is 0 Å². The van der Waals surface area contributed by atoms with Crippen LogP contribution in [0.25, 0.3) is 0 Å². The predicted molar refractivity (Wildman–Crippen MR) is 60.0 cm³/mol. The highest BCUT2D eigenvalue weighted by molar-refractivity contribution is 8.03. The molecule has 1 rings (SSSR count). The van der Waals surface area contributed by atoms with Crippen LogP contribution in [0.5, 0.6) is 0 Å². The van der Waals surface area contributed by atoms with Crippen molar-refractivity contribution in [3.63, 3.8) is 0 Å². The van der Waals surface area contributed by atoms with Crippen molar-refractivity contribution in [1.29, 1.82) is 5.26 Å². The standard InChI is InChI=1S/C11H14N2S/c1-2-10(5-7-14-9-12)11-4-3-6-13-8-11/h3-4,6,8,10H,2,5,7H2,1H3. The number of rotatable bonds is 5. The van der Waals surface area contributed by atoms with Crippen molar-refractivity contribution in [2.45, 2.75) is 25.7 Å². The van der Waals surface area contributed by atoms with E-state index in [2.05, 4.69) is 23.4 Å². The van der Waals surface area contributed by atoms with E-state index in [1.54, 1.807) is 6.20 Å². The molecule has 1 aromatic rings. The van der Waals surface area contributed by atoms with Crippen LogP contribution in [0, 0.1) is 10.7 Å². The van der Waals surface area contributed by atoms with E-state index < -0.39 is 0 Å². The Balaban J connectivity index is 2.51. The Labute approximate surface area is 89.4 Å². The second-order valence-corrected chi connectivity index (χ2v) is 4.00. The fourth-order valence-corrected chi connectivity index (χ4v) is 1.96. The molecule has 0 saturated carbocycles. The van der Waals surface area contributed by atoms with Gasteiger partial charge in [-0.15, -0.1) is 0 Å². The minimum atomic E-state index is 0.546. The van der Waals surface area contributed by atoms with Crippen LogP contribution in [-0.2, 0) is 0 Å². The van der Waals surface area contributed by atoms with Gasteiger partial charge in [-0.2, -0.15) is 5.26 Å². The Hall–Kier alpha value is -1.01. The van der Waals surface area contributed by atoms with Crippen molar-refractivity contribution < 1.29 is 0 Å². The second kappa shape index (κ2) is 6.44. The van der Waals surface area contributed by atoms with Gasteiger partial charge in [-0.25, -0.2) is 0 Å². The zero-order valence-corrected chi connectivity index (χ0v) is 9.13. The highest BCUT2D eigenvalue weighted by atomic mass is 32.2. The summed E-state index contributed by atoms with van der Waals surface area (Å²) in [5.41, 5.74) is 1.29. The smallest absolute Gasteiger partial charge is 0.133 e. The molecule has 0 aliphatic rings. The molecule has 0 spiro atoms. The predicted octanol–water partition coefficient (Wildman–Crippen LogP) is 3.18. The molecular weight excluding hydrogens is 192 g/mol. The molecule has 0 N–H and O–H groups in total. The number of hydrogen-bond acceptors (Lipinski definition) is 3. The average Bonchev–Trinajstić information content (AvgIpc) is 2.26. The topological polar surface area (TPSA) is 36.7 Å². The summed E-state index contributed by atoms with van der Waals surface area (Å²) in [6, 6.07) is 4.08. The van der Waals surface area contributed by atoms with Crippen LogP contribution in [0.1, 0.15) is 31.2 Å². The lowest BCUT2D eigenvalue weighted by atomic mass is 9.96. The number of thioether (sulfide) groups is 1. The van der Waals surface area contributed by atoms with Gasteiger partial charge in [0.05, 0.1) is 0 Å². The van der Waals surface area contributed by atoms with E-state index in [4.69, 9.17) is 5.26 Å². The van der Waals surface area contributed by atoms with E-state index >= 15 is 0 Å². The Bertz CT molecular complexity index is 292. The van der Waals surface area contributed by atoms with Gasteiger partial charge in [-0.1, -0.05) is 13.0 Å². The number of hydrogen-bond donors (Lipinski definition) is 0. The summed E-state index contributed by atoms with van der Waals surface area (Å²) in [4.78, 5) is 4.11. The lowest BCUT2D eigenvalue weighted by molar-refractivity contribution is 0.645. The first-order valence-corrected chi connectivity index (χ1v) is 5.77. The van der Waals surface area contributed by atoms with Gasteiger partial charge in [-0.3, -0.25) is 4.98 Å². The zero-order valence-electron chi connectivity index (χ0n) is 8.31. The minimum Gasteiger partial charge on any atom is -0.264 e. The first-order valence-electron chi connectivity index (χ1n) is 4.79. The normalized spacial score (nSPS) is 12.0. The van der Waals surface area contributed by atoms with E-state index in [0.29, 0.717) is 5.92 Å². The third-order valence-electron chi connectivity index (χ3n) is 2.28. The molecule has 0 aliphatic heterocycles. The van der Waals surface area contributed by atoms with Gasteiger partial charge < -0.3 is 0 Å². The summed E-state index contributed by atoms with van der Waals surface area (Å²) in [6.45, 7) is 2.18. The lowest BCUT2D eigenvalue weighted by Crippen LogP contribution is -1.99. The molecule has 0 bridgehead atoms. The number of aromatic nitrogens is 1. The maximum Gasteiger partial charge on any atom is 0.133 e. The van der Waals surface area contributed by atoms with Crippen LogP contribution >= 0.6 is 11.8 Å². The number of nitrogens with zero attached hydrogens (tertiary/aromatic N) is 2. The lowest BCUT2D eigenvalue weighted by Gasteiger charge is -2.13. The molecule has 0 aliphatic carbocycles. The molecule has 0 saturated heterocycles. The summed E-state index contributed by atoms with van der Waals surface area (Å²) >= 11 is 1.33. The SMILES string of the molecule is CCC(CCSC#N)c1cccnc1. The van der Waals surface area contributed by atoms with Crippen LogP contribution in [-0.4, -0.2) is 10.7 Å². The van der Waals surface area contributed by atoms with Gasteiger partial charge in [-0.05, 0) is 42.2 Å². The number of nitriles is 1. The fraction of sp³-hybridized carbons (Fsp3) is 0.455. The Morgan fingerprint density at radius 3 is 3.07 bits per heavy atom. The maximum atomic E-state index is 8.42. The van der Waals surface area contributed by atoms with Crippen LogP contribution in [0.3, 0.4) is 0 Å². The molecule has 3 heteroatoms. The van der Waals surface area contributed by atoms with Crippen molar-refractivity contribution in [1.82, 2.24) is 4.98 Å². The molecule has 2 nitrogen and oxygen atoms in total. The Morgan fingerprint density at radius 1 is 1.64 bits per heavy atom. The monoisotopic (exact) mass is 206 g/mol. The molecule has 74 valence electrons. The largest absolute Gasteiger partial charge is 0.264 e. The van der Waals surface area contributed by atoms with Gasteiger partial charge in [0.2, 0.25) is 0 Å². The van der Waals surface area contributed by atoms with Crippen molar-refractivity contribution >= 4 is 11.8 Å². The number of thiocyanates is 1. The van der Waals surface area contributed by atoms with E-state index in [9.17, 15) is 0 Å². The fourth-order valence-electron chi connectivity index (χ4n) is 1.47. The molecule has 0 fully saturated rings. The van der Waals surface area contributed by atoms with E-state index in [1.807, 2.05) is 12.3 Å². The van der Waals surface area contributed by atoms with E-state index in [1.165, 1.54) is 17.3 Å². The molecule has 1 heterocycles. The van der Waals surface area contributed by atoms with Crippen molar-refractivity contribution in [2.24, 2.45) is 0 Å². The van der Waals surface area contributed by atoms with Gasteiger partial charge in [0.15, 0.2) is 0 Å². The van der Waals surface area contributed by atoms with Crippen LogP contribution in [0.4, 0.5) is 0 Å². The molecule has 1 aromatic heterocycles. The minimum absolute atomic E-state index is 0.546. The molecule has 1 unspecified atom stereocenters. The average molecular weight is 206 g/mol. The van der Waals surface area contributed by atoms with Gasteiger partial charge in [0.1, 0.15) is 5.40 Å². The van der Waals surface area contributed by atoms with Crippen molar-refractivity contribution in [3.05, 3.63) is 30.1 Å². The Morgan fingerprint density at radius 2 is 2.50 bits per heavy atom. The highest BCUT2D eigenvalue weighted by Crippen LogP contribution is 2.23. The molecule has 0 amide bonds. The summed E-state index contributed by atoms with van der Waals surface area (Å²) in [6.07, 6.45) is 5.88. The van der Waals surface area contributed by atoms with E-state index in [-0.39, 0.29) is 0 Å². The molecule has 0 radical (unpaired) electrons. The van der Waals surface area contributed by atoms with Crippen LogP contribution < -0.4 is 0 Å². The first kappa shape index (κ1) is 11.1. The molecular formula is C11H14N2S. The third-order valence-corrected chi connectivity index (χ3v) is 2.85. The number of pyridine rings is 1. The van der Waals surface area contributed by atoms with Gasteiger partial charge in [0, 0.05) is 18.1 Å².